The molecule has 0 aliphatic carbocycles. The number of halogens is 1. The van der Waals surface area contributed by atoms with Crippen molar-refractivity contribution in [2.75, 3.05) is 13.7 Å². The highest BCUT2D eigenvalue weighted by atomic mass is 35.5. The molecule has 1 heterocycles. The zero-order valence-electron chi connectivity index (χ0n) is 7.21. The second-order valence-corrected chi connectivity index (χ2v) is 3.32. The van der Waals surface area contributed by atoms with Gasteiger partial charge in [0.15, 0.2) is 11.5 Å². The molecule has 1 aliphatic rings. The van der Waals surface area contributed by atoms with Crippen LogP contribution >= 0.6 is 11.6 Å². The Bertz CT molecular complexity index is 341. The molecule has 0 fully saturated rings. The summed E-state index contributed by atoms with van der Waals surface area (Å²) in [5, 5.41) is 0.640. The fourth-order valence-corrected chi connectivity index (χ4v) is 1.76. The topological polar surface area (TPSA) is 44.5 Å². The number of rotatable bonds is 1. The van der Waals surface area contributed by atoms with Crippen LogP contribution in [0.4, 0.5) is 0 Å². The van der Waals surface area contributed by atoms with E-state index in [1.54, 1.807) is 19.2 Å². The molecule has 3 nitrogen and oxygen atoms in total. The number of ether oxygens (including phenoxy) is 2. The zero-order chi connectivity index (χ0) is 9.42. The summed E-state index contributed by atoms with van der Waals surface area (Å²) in [6.45, 7) is 0.468. The van der Waals surface area contributed by atoms with Crippen LogP contribution in [-0.2, 0) is 0 Å². The molecule has 2 rings (SSSR count). The van der Waals surface area contributed by atoms with Crippen molar-refractivity contribution in [1.82, 2.24) is 0 Å². The highest BCUT2D eigenvalue weighted by Gasteiger charge is 2.26. The molecule has 70 valence electrons. The van der Waals surface area contributed by atoms with E-state index in [0.717, 1.165) is 5.56 Å². The molecule has 0 amide bonds. The molecule has 2 N–H and O–H groups in total. The summed E-state index contributed by atoms with van der Waals surface area (Å²) in [5.41, 5.74) is 6.65. The number of hydrogen-bond acceptors (Lipinski definition) is 3. The van der Waals surface area contributed by atoms with Gasteiger partial charge in [-0.15, -0.1) is 0 Å². The summed E-state index contributed by atoms with van der Waals surface area (Å²) in [7, 11) is 1.59. The highest BCUT2D eigenvalue weighted by Crippen LogP contribution is 2.43. The average molecular weight is 200 g/mol. The Morgan fingerprint density at radius 3 is 3.08 bits per heavy atom. The van der Waals surface area contributed by atoms with Crippen LogP contribution in [0.3, 0.4) is 0 Å². The summed E-state index contributed by atoms with van der Waals surface area (Å²) < 4.78 is 10.5. The predicted molar refractivity (Wildman–Crippen MR) is 50.4 cm³/mol. The molecule has 0 bridgehead atoms. The van der Waals surface area contributed by atoms with Gasteiger partial charge >= 0.3 is 0 Å². The van der Waals surface area contributed by atoms with Gasteiger partial charge in [0.25, 0.3) is 0 Å². The molecule has 0 aromatic heterocycles. The Balaban J connectivity index is 2.59. The lowest BCUT2D eigenvalue weighted by Gasteiger charge is -2.07. The molecular weight excluding hydrogens is 190 g/mol. The maximum absolute atomic E-state index is 5.98. The van der Waals surface area contributed by atoms with Gasteiger partial charge in [0.05, 0.1) is 13.2 Å². The van der Waals surface area contributed by atoms with Crippen LogP contribution in [-0.4, -0.2) is 13.7 Å². The molecule has 13 heavy (non-hydrogen) atoms. The van der Waals surface area contributed by atoms with E-state index in [-0.39, 0.29) is 6.04 Å². The maximum atomic E-state index is 5.98. The van der Waals surface area contributed by atoms with Crippen molar-refractivity contribution in [3.63, 3.8) is 0 Å². The van der Waals surface area contributed by atoms with Crippen LogP contribution in [0.15, 0.2) is 12.1 Å². The zero-order valence-corrected chi connectivity index (χ0v) is 7.97. The first-order valence-corrected chi connectivity index (χ1v) is 4.36. The van der Waals surface area contributed by atoms with Crippen molar-refractivity contribution >= 4 is 11.6 Å². The van der Waals surface area contributed by atoms with Gasteiger partial charge < -0.3 is 15.2 Å². The molecule has 1 aromatic carbocycles. The summed E-state index contributed by atoms with van der Waals surface area (Å²) in [5.74, 6) is 1.37. The standard InChI is InChI=1S/C9H10ClNO2/c1-12-7-3-2-5(10)8-6(11)4-13-9(7)8/h2-3,6H,4,11H2,1H3/t6-/m1/s1. The van der Waals surface area contributed by atoms with Crippen molar-refractivity contribution in [3.8, 4) is 11.5 Å². The van der Waals surface area contributed by atoms with Crippen LogP contribution < -0.4 is 15.2 Å². The van der Waals surface area contributed by atoms with Crippen LogP contribution in [0, 0.1) is 0 Å². The predicted octanol–water partition coefficient (Wildman–Crippen LogP) is 1.74. The van der Waals surface area contributed by atoms with Crippen molar-refractivity contribution in [3.05, 3.63) is 22.7 Å². The van der Waals surface area contributed by atoms with E-state index in [0.29, 0.717) is 23.1 Å². The molecule has 1 aromatic rings. The first kappa shape index (κ1) is 8.66. The van der Waals surface area contributed by atoms with E-state index in [1.165, 1.54) is 0 Å². The van der Waals surface area contributed by atoms with Gasteiger partial charge in [-0.25, -0.2) is 0 Å². The third-order valence-corrected chi connectivity index (χ3v) is 2.43. The summed E-state index contributed by atoms with van der Waals surface area (Å²) in [4.78, 5) is 0. The lowest BCUT2D eigenvalue weighted by Crippen LogP contribution is -2.11. The smallest absolute Gasteiger partial charge is 0.167 e. The van der Waals surface area contributed by atoms with Crippen molar-refractivity contribution < 1.29 is 9.47 Å². The number of benzene rings is 1. The number of methoxy groups -OCH3 is 1. The fraction of sp³-hybridized carbons (Fsp3) is 0.333. The van der Waals surface area contributed by atoms with Gasteiger partial charge in [0.2, 0.25) is 0 Å². The number of hydrogen-bond donors (Lipinski definition) is 1. The lowest BCUT2D eigenvalue weighted by atomic mass is 10.1. The molecule has 0 radical (unpaired) electrons. The molecule has 0 spiro atoms. The highest BCUT2D eigenvalue weighted by molar-refractivity contribution is 6.31. The van der Waals surface area contributed by atoms with E-state index in [4.69, 9.17) is 26.8 Å². The minimum Gasteiger partial charge on any atom is -0.493 e. The van der Waals surface area contributed by atoms with Crippen LogP contribution in [0.25, 0.3) is 0 Å². The molecule has 4 heteroatoms. The molecule has 1 aliphatic heterocycles. The van der Waals surface area contributed by atoms with E-state index in [9.17, 15) is 0 Å². The molecule has 0 saturated heterocycles. The normalized spacial score (nSPS) is 19.5. The maximum Gasteiger partial charge on any atom is 0.167 e. The SMILES string of the molecule is COc1ccc(Cl)c2c1OC[C@H]2N. The Morgan fingerprint density at radius 2 is 2.38 bits per heavy atom. The lowest BCUT2D eigenvalue weighted by molar-refractivity contribution is 0.311. The van der Waals surface area contributed by atoms with Crippen molar-refractivity contribution in [2.24, 2.45) is 5.73 Å². The minimum absolute atomic E-state index is 0.141. The van der Waals surface area contributed by atoms with Crippen LogP contribution in [0.1, 0.15) is 11.6 Å². The first-order valence-electron chi connectivity index (χ1n) is 3.99. The summed E-state index contributed by atoms with van der Waals surface area (Å²) in [6, 6.07) is 3.41. The van der Waals surface area contributed by atoms with Crippen molar-refractivity contribution in [1.29, 1.82) is 0 Å². The van der Waals surface area contributed by atoms with E-state index in [2.05, 4.69) is 0 Å². The van der Waals surface area contributed by atoms with E-state index >= 15 is 0 Å². The first-order chi connectivity index (χ1) is 6.24. The van der Waals surface area contributed by atoms with Crippen LogP contribution in [0.5, 0.6) is 11.5 Å². The average Bonchev–Trinajstić information content (AvgIpc) is 2.50. The largest absolute Gasteiger partial charge is 0.493 e. The van der Waals surface area contributed by atoms with Gasteiger partial charge in [-0.05, 0) is 12.1 Å². The summed E-state index contributed by atoms with van der Waals surface area (Å²) >= 11 is 5.98. The molecule has 0 unspecified atom stereocenters. The third kappa shape index (κ3) is 1.24. The van der Waals surface area contributed by atoms with Crippen LogP contribution in [0.2, 0.25) is 5.02 Å². The number of fused-ring (bicyclic) bond motifs is 1. The van der Waals surface area contributed by atoms with Gasteiger partial charge in [-0.2, -0.15) is 0 Å². The Hall–Kier alpha value is -0.930. The molecule has 1 atom stereocenters. The molecule has 0 saturated carbocycles. The third-order valence-electron chi connectivity index (χ3n) is 2.10. The Kier molecular flexibility index (Phi) is 2.06. The Labute approximate surface area is 81.4 Å². The minimum atomic E-state index is -0.141. The quantitative estimate of drug-likeness (QED) is 0.750. The van der Waals surface area contributed by atoms with Gasteiger partial charge in [-0.1, -0.05) is 11.6 Å². The molecular formula is C9H10ClNO2. The Morgan fingerprint density at radius 1 is 1.62 bits per heavy atom. The van der Waals surface area contributed by atoms with Gasteiger partial charge in [0.1, 0.15) is 6.61 Å². The summed E-state index contributed by atoms with van der Waals surface area (Å²) in [6.07, 6.45) is 0. The van der Waals surface area contributed by atoms with Gasteiger partial charge in [0, 0.05) is 10.6 Å². The van der Waals surface area contributed by atoms with Crippen molar-refractivity contribution in [2.45, 2.75) is 6.04 Å². The van der Waals surface area contributed by atoms with E-state index < -0.39 is 0 Å². The second kappa shape index (κ2) is 3.09. The van der Waals surface area contributed by atoms with Gasteiger partial charge in [-0.3, -0.25) is 0 Å². The van der Waals surface area contributed by atoms with E-state index in [1.807, 2.05) is 0 Å². The number of nitrogens with two attached hydrogens (primary N) is 1. The monoisotopic (exact) mass is 199 g/mol. The second-order valence-electron chi connectivity index (χ2n) is 2.91. The fourth-order valence-electron chi connectivity index (χ4n) is 1.47.